The number of esters is 1. The van der Waals surface area contributed by atoms with E-state index in [1.165, 1.54) is 0 Å². The first kappa shape index (κ1) is 98.1. The van der Waals surface area contributed by atoms with Gasteiger partial charge in [-0.05, 0) is 44.0 Å². The van der Waals surface area contributed by atoms with Gasteiger partial charge in [-0.1, -0.05) is 49.0 Å². The number of carbonyl (C=O) groups is 3. The van der Waals surface area contributed by atoms with Crippen LogP contribution in [-0.2, 0) is 141 Å². The number of rotatable bonds is 83. The molecule has 0 unspecified atom stereocenters. The number of nitrogens with one attached hydrogen (secondary N) is 3. The van der Waals surface area contributed by atoms with Crippen molar-refractivity contribution in [2.45, 2.75) is 51.9 Å². The molecule has 0 spiro atoms. The van der Waals surface area contributed by atoms with Crippen molar-refractivity contribution in [3.05, 3.63) is 78.1 Å². The highest BCUT2D eigenvalue weighted by Crippen LogP contribution is 2.15. The lowest BCUT2D eigenvalue weighted by Gasteiger charge is -2.20. The van der Waals surface area contributed by atoms with Crippen molar-refractivity contribution in [2.75, 3.05) is 324 Å². The van der Waals surface area contributed by atoms with Gasteiger partial charge in [-0.25, -0.2) is 9.59 Å². The van der Waals surface area contributed by atoms with E-state index in [0.717, 1.165) is 11.1 Å². The summed E-state index contributed by atoms with van der Waals surface area (Å²) in [6.45, 7) is 30.8. The highest BCUT2D eigenvalue weighted by molar-refractivity contribution is 5.84. The van der Waals surface area contributed by atoms with Crippen molar-refractivity contribution in [1.29, 1.82) is 0 Å². The minimum Gasteiger partial charge on any atom is -0.491 e. The van der Waals surface area contributed by atoms with Gasteiger partial charge in [-0.3, -0.25) is 10.1 Å². The lowest BCUT2D eigenvalue weighted by molar-refractivity contribution is -0.149. The van der Waals surface area contributed by atoms with Crippen LogP contribution in [0.3, 0.4) is 0 Å². The van der Waals surface area contributed by atoms with Gasteiger partial charge in [0.2, 0.25) is 5.91 Å². The zero-order valence-electron chi connectivity index (χ0n) is 64.2. The minimum atomic E-state index is -0.929. The summed E-state index contributed by atoms with van der Waals surface area (Å²) in [5, 5.41) is 8.30. The number of nitrogens with two attached hydrogens (primary N) is 1. The molecule has 0 aliphatic carbocycles. The molecule has 620 valence electrons. The Kier molecular flexibility index (Phi) is 70.0. The van der Waals surface area contributed by atoms with E-state index in [1.807, 2.05) is 42.5 Å². The first-order valence-corrected chi connectivity index (χ1v) is 37.2. The Labute approximate surface area is 634 Å². The van der Waals surface area contributed by atoms with Crippen molar-refractivity contribution in [1.82, 2.24) is 16.0 Å². The molecule has 0 saturated carbocycles. The van der Waals surface area contributed by atoms with Gasteiger partial charge in [0.1, 0.15) is 36.4 Å². The van der Waals surface area contributed by atoms with E-state index in [1.54, 1.807) is 32.9 Å². The number of hydrogen-bond donors (Lipinski definition) is 4. The van der Waals surface area contributed by atoms with Crippen LogP contribution in [0, 0.1) is 0 Å². The van der Waals surface area contributed by atoms with Gasteiger partial charge in [0.25, 0.3) is 0 Å². The van der Waals surface area contributed by atoms with Gasteiger partial charge in [-0.15, -0.1) is 0 Å². The fourth-order valence-electron chi connectivity index (χ4n) is 8.28. The molecule has 2 amide bonds. The molecule has 0 radical (unpaired) electrons. The Morgan fingerprint density at radius 1 is 0.364 bits per heavy atom. The van der Waals surface area contributed by atoms with Gasteiger partial charge >= 0.3 is 12.1 Å². The molecule has 2 rings (SSSR count). The molecule has 0 saturated heterocycles. The second kappa shape index (κ2) is 76.4. The van der Waals surface area contributed by atoms with E-state index in [-0.39, 0.29) is 38.6 Å². The third-order valence-corrected chi connectivity index (χ3v) is 13.5. The Bertz CT molecular complexity index is 2270. The molecule has 0 aliphatic heterocycles. The summed E-state index contributed by atoms with van der Waals surface area (Å²) in [6, 6.07) is 15.7. The molecule has 0 heterocycles. The number of hydrogen-bond acceptors (Lipinski definition) is 31. The summed E-state index contributed by atoms with van der Waals surface area (Å²) >= 11 is 0. The second-order valence-corrected chi connectivity index (χ2v) is 23.6. The molecular weight excluding hydrogens is 1410 g/mol. The van der Waals surface area contributed by atoms with Gasteiger partial charge in [0.15, 0.2) is 0 Å². The molecule has 33 heteroatoms. The molecule has 33 nitrogen and oxygen atoms in total. The molecule has 5 N–H and O–H groups in total. The number of carbonyl (C=O) groups excluding carboxylic acids is 3. The van der Waals surface area contributed by atoms with E-state index in [4.69, 9.17) is 129 Å². The maximum atomic E-state index is 13.3. The fourth-order valence-corrected chi connectivity index (χ4v) is 8.28. The third kappa shape index (κ3) is 71.1. The van der Waals surface area contributed by atoms with E-state index < -0.39 is 23.7 Å². The Morgan fingerprint density at radius 3 is 0.963 bits per heavy atom. The summed E-state index contributed by atoms with van der Waals surface area (Å²) in [4.78, 5) is 38.1. The van der Waals surface area contributed by atoms with Gasteiger partial charge in [-0.2, -0.15) is 0 Å². The number of ether oxygens (including phenoxy) is 26. The monoisotopic (exact) mass is 1540 g/mol. The average molecular weight is 1540 g/mol. The lowest BCUT2D eigenvalue weighted by atomic mass is 10.1. The Morgan fingerprint density at radius 2 is 0.654 bits per heavy atom. The topological polar surface area (TPSA) is 353 Å². The largest absolute Gasteiger partial charge is 0.491 e. The van der Waals surface area contributed by atoms with E-state index in [0.29, 0.717) is 322 Å². The molecule has 107 heavy (non-hydrogen) atoms. The van der Waals surface area contributed by atoms with Crippen LogP contribution in [0.4, 0.5) is 4.79 Å². The minimum absolute atomic E-state index is 0.0425. The fraction of sp³-hybridized carbons (Fsp3) is 0.770. The average Bonchev–Trinajstić information content (AvgIpc) is 0.874. The summed E-state index contributed by atoms with van der Waals surface area (Å²) in [5.41, 5.74) is 6.41. The predicted molar refractivity (Wildman–Crippen MR) is 393 cm³/mol. The van der Waals surface area contributed by atoms with Crippen molar-refractivity contribution in [3.8, 4) is 5.75 Å². The van der Waals surface area contributed by atoms with Crippen LogP contribution in [0.25, 0.3) is 0 Å². The maximum absolute atomic E-state index is 13.3. The number of amides is 2. The number of alkyl carbamates (subject to hydrolysis) is 1. The predicted octanol–water partition coefficient (Wildman–Crippen LogP) is 3.15. The number of benzene rings is 2. The summed E-state index contributed by atoms with van der Waals surface area (Å²) in [7, 11) is 0. The lowest BCUT2D eigenvalue weighted by Crippen LogP contribution is -2.43. The molecule has 1 atom stereocenters. The first-order chi connectivity index (χ1) is 52.6. The normalized spacial score (nSPS) is 11.9. The zero-order chi connectivity index (χ0) is 76.8. The second-order valence-electron chi connectivity index (χ2n) is 23.6. The summed E-state index contributed by atoms with van der Waals surface area (Å²) in [5.74, 6) is 0.0748. The molecule has 0 aromatic heterocycles. The molecule has 2 aromatic rings. The van der Waals surface area contributed by atoms with Gasteiger partial charge in [0, 0.05) is 25.9 Å². The zero-order valence-corrected chi connectivity index (χ0v) is 64.2. The van der Waals surface area contributed by atoms with Crippen LogP contribution in [0.1, 0.15) is 38.3 Å². The van der Waals surface area contributed by atoms with E-state index in [2.05, 4.69) is 22.5 Å². The summed E-state index contributed by atoms with van der Waals surface area (Å²) in [6.07, 6.45) is -0.316. The van der Waals surface area contributed by atoms with Gasteiger partial charge in [0.05, 0.1) is 304 Å². The maximum Gasteiger partial charge on any atom is 0.413 e. The third-order valence-electron chi connectivity index (χ3n) is 13.5. The quantitative estimate of drug-likeness (QED) is 0.0546. The molecule has 0 aliphatic rings. The summed E-state index contributed by atoms with van der Waals surface area (Å²) < 4.78 is 144. The molecule has 2 aromatic carbocycles. The standard InChI is InChI=1S/C74H130N4O29/c1-66(77-73(81)107-74(2,3)4)76-16-19-84-22-25-87-28-31-90-34-37-93-40-43-96-46-49-99-52-53-100-54-55-101-56-57-102-58-59-103-60-61-104-62-63-105-69-12-10-67(11-13-69)64-70(72(80)106-65-68-8-6-5-7-9-68)78-71(79)14-17-82-20-23-85-26-29-88-32-35-91-38-41-94-44-47-97-50-51-98-48-45-95-42-39-92-36-33-89-30-27-86-24-21-83-18-15-75/h5-13,70,76H,1,14-65,75H2,2-4H3,(H,77,81)(H,78,79)/t70-/m0/s1. The highest BCUT2D eigenvalue weighted by atomic mass is 16.6. The van der Waals surface area contributed by atoms with Gasteiger partial charge < -0.3 is 140 Å². The molecule has 0 bridgehead atoms. The van der Waals surface area contributed by atoms with Crippen LogP contribution in [0.2, 0.25) is 0 Å². The van der Waals surface area contributed by atoms with Crippen LogP contribution in [0.15, 0.2) is 67.0 Å². The van der Waals surface area contributed by atoms with Crippen LogP contribution in [-0.4, -0.2) is 353 Å². The Balaban J connectivity index is 1.33. The van der Waals surface area contributed by atoms with Crippen molar-refractivity contribution >= 4 is 18.0 Å². The van der Waals surface area contributed by atoms with Crippen molar-refractivity contribution in [3.63, 3.8) is 0 Å². The van der Waals surface area contributed by atoms with E-state index >= 15 is 0 Å². The van der Waals surface area contributed by atoms with Crippen molar-refractivity contribution < 1.29 is 138 Å². The molecular formula is C74H130N4O29. The highest BCUT2D eigenvalue weighted by Gasteiger charge is 2.23. The smallest absolute Gasteiger partial charge is 0.413 e. The Hall–Kier alpha value is -4.97. The first-order valence-electron chi connectivity index (χ1n) is 37.2. The molecule has 0 fully saturated rings. The van der Waals surface area contributed by atoms with Crippen LogP contribution < -0.4 is 26.4 Å². The van der Waals surface area contributed by atoms with Crippen LogP contribution in [0.5, 0.6) is 5.75 Å². The SMILES string of the molecule is C=C(NCCOCCOCCOCCOCCOCCOCCOCCOCCOCCOCCOCCOc1ccc(C[C@H](NC(=O)CCOCCOCCOCCOCCOCCOCCOCCOCCOCCOCCOCCOCCN)C(=O)OCc2ccccc2)cc1)NC(=O)OC(C)(C)C. The van der Waals surface area contributed by atoms with Crippen molar-refractivity contribution in [2.24, 2.45) is 5.73 Å². The van der Waals surface area contributed by atoms with E-state index in [9.17, 15) is 14.4 Å². The van der Waals surface area contributed by atoms with Crippen LogP contribution >= 0.6 is 0 Å².